The molecule has 0 radical (unpaired) electrons. The number of nitrogens with zero attached hydrogens (tertiary/aromatic N) is 5. The van der Waals surface area contributed by atoms with Crippen LogP contribution in [0.2, 0.25) is 0 Å². The van der Waals surface area contributed by atoms with Crippen LogP contribution in [-0.4, -0.2) is 51.4 Å². The van der Waals surface area contributed by atoms with Gasteiger partial charge in [-0.1, -0.05) is 41.7 Å². The number of hydrogen-bond acceptors (Lipinski definition) is 9. The van der Waals surface area contributed by atoms with Crippen molar-refractivity contribution in [2.45, 2.75) is 32.3 Å². The molecule has 1 fully saturated rings. The first-order chi connectivity index (χ1) is 15.5. The molecule has 166 valence electrons. The van der Waals surface area contributed by atoms with Crippen molar-refractivity contribution < 1.29 is 14.3 Å². The molecule has 0 atom stereocenters. The molecule has 3 heterocycles. The van der Waals surface area contributed by atoms with Gasteiger partial charge in [0, 0.05) is 38.9 Å². The Bertz CT molecular complexity index is 1050. The minimum absolute atomic E-state index is 0.0156. The number of ether oxygens (including phenoxy) is 1. The van der Waals surface area contributed by atoms with E-state index < -0.39 is 0 Å². The Hall–Kier alpha value is -3.60. The van der Waals surface area contributed by atoms with Crippen LogP contribution in [0.1, 0.15) is 25.3 Å². The lowest BCUT2D eigenvalue weighted by molar-refractivity contribution is -0.116. The van der Waals surface area contributed by atoms with E-state index in [1.807, 2.05) is 30.3 Å². The number of carbonyl (C=O) groups is 2. The number of nitrogens with one attached hydrogen (secondary N) is 2. The van der Waals surface area contributed by atoms with Crippen molar-refractivity contribution in [3.8, 4) is 5.88 Å². The van der Waals surface area contributed by atoms with Crippen LogP contribution in [0.5, 0.6) is 5.88 Å². The Labute approximate surface area is 189 Å². The standard InChI is InChI=1S/C21H23N7O3S/c1-14(29)22-20-26-27-21(32-20)28-11-9-16(10-12-28)31-19-8-7-17(24-25-19)23-18(30)13-15-5-3-2-4-6-15/h2-8,16H,9-13H2,1H3,(H,22,26,29)(H,23,24,30). The topological polar surface area (TPSA) is 122 Å². The highest BCUT2D eigenvalue weighted by molar-refractivity contribution is 7.19. The van der Waals surface area contributed by atoms with E-state index in [0.29, 0.717) is 16.8 Å². The number of hydrogen-bond donors (Lipinski definition) is 2. The fourth-order valence-electron chi connectivity index (χ4n) is 3.30. The summed E-state index contributed by atoms with van der Waals surface area (Å²) in [7, 11) is 0. The molecule has 2 aromatic heterocycles. The first kappa shape index (κ1) is 21.6. The average Bonchev–Trinajstić information content (AvgIpc) is 3.24. The molecule has 0 saturated carbocycles. The molecule has 0 unspecified atom stereocenters. The van der Waals surface area contributed by atoms with Crippen LogP contribution in [0.4, 0.5) is 16.1 Å². The van der Waals surface area contributed by atoms with Crippen LogP contribution in [0.15, 0.2) is 42.5 Å². The van der Waals surface area contributed by atoms with Gasteiger partial charge >= 0.3 is 0 Å². The van der Waals surface area contributed by atoms with Crippen molar-refractivity contribution in [3.05, 3.63) is 48.0 Å². The molecule has 3 aromatic rings. The van der Waals surface area contributed by atoms with E-state index in [1.54, 1.807) is 12.1 Å². The van der Waals surface area contributed by atoms with Crippen molar-refractivity contribution >= 4 is 39.2 Å². The minimum Gasteiger partial charge on any atom is -0.473 e. The van der Waals surface area contributed by atoms with Crippen LogP contribution in [-0.2, 0) is 16.0 Å². The van der Waals surface area contributed by atoms with Gasteiger partial charge in [-0.25, -0.2) is 0 Å². The third kappa shape index (κ3) is 5.97. The molecule has 0 bridgehead atoms. The molecule has 1 aliphatic rings. The monoisotopic (exact) mass is 453 g/mol. The number of rotatable bonds is 7. The Kier molecular flexibility index (Phi) is 6.85. The maximum atomic E-state index is 12.1. The van der Waals surface area contributed by atoms with Crippen LogP contribution < -0.4 is 20.3 Å². The van der Waals surface area contributed by atoms with Crippen molar-refractivity contribution in [1.82, 2.24) is 20.4 Å². The molecule has 0 spiro atoms. The first-order valence-corrected chi connectivity index (χ1v) is 11.1. The fourth-order valence-corrected chi connectivity index (χ4v) is 4.14. The van der Waals surface area contributed by atoms with Crippen LogP contribution in [0.25, 0.3) is 0 Å². The number of piperidine rings is 1. The third-order valence-electron chi connectivity index (χ3n) is 4.81. The summed E-state index contributed by atoms with van der Waals surface area (Å²) in [5.74, 6) is 0.500. The summed E-state index contributed by atoms with van der Waals surface area (Å²) in [6.07, 6.45) is 1.89. The second kappa shape index (κ2) is 10.1. The van der Waals surface area contributed by atoms with Crippen molar-refractivity contribution in [2.75, 3.05) is 28.6 Å². The average molecular weight is 454 g/mol. The summed E-state index contributed by atoms with van der Waals surface area (Å²) < 4.78 is 5.95. The van der Waals surface area contributed by atoms with Gasteiger partial charge in [0.2, 0.25) is 28.0 Å². The highest BCUT2D eigenvalue weighted by Gasteiger charge is 2.23. The zero-order valence-corrected chi connectivity index (χ0v) is 18.3. The van der Waals surface area contributed by atoms with Crippen LogP contribution in [0, 0.1) is 0 Å². The van der Waals surface area contributed by atoms with Gasteiger partial charge in [0.1, 0.15) is 6.10 Å². The highest BCUT2D eigenvalue weighted by atomic mass is 32.1. The molecule has 4 rings (SSSR count). The normalized spacial score (nSPS) is 14.1. The Morgan fingerprint density at radius 1 is 1.03 bits per heavy atom. The lowest BCUT2D eigenvalue weighted by Crippen LogP contribution is -2.38. The Morgan fingerprint density at radius 3 is 2.50 bits per heavy atom. The lowest BCUT2D eigenvalue weighted by atomic mass is 10.1. The molecule has 32 heavy (non-hydrogen) atoms. The van der Waals surface area contributed by atoms with E-state index in [2.05, 4.69) is 35.9 Å². The van der Waals surface area contributed by atoms with Gasteiger partial charge in [0.05, 0.1) is 6.42 Å². The second-order valence-electron chi connectivity index (χ2n) is 7.34. The van der Waals surface area contributed by atoms with Gasteiger partial charge in [-0.2, -0.15) is 0 Å². The largest absolute Gasteiger partial charge is 0.473 e. The molecule has 11 heteroatoms. The summed E-state index contributed by atoms with van der Waals surface area (Å²) in [6, 6.07) is 12.9. The molecule has 1 saturated heterocycles. The second-order valence-corrected chi connectivity index (χ2v) is 8.30. The SMILES string of the molecule is CC(=O)Nc1nnc(N2CCC(Oc3ccc(NC(=O)Cc4ccccc4)nn3)CC2)s1. The number of benzene rings is 1. The molecule has 1 aromatic carbocycles. The molecule has 1 aliphatic heterocycles. The van der Waals surface area contributed by atoms with Crippen LogP contribution >= 0.6 is 11.3 Å². The zero-order valence-electron chi connectivity index (χ0n) is 17.5. The molecule has 2 N–H and O–H groups in total. The summed E-state index contributed by atoms with van der Waals surface area (Å²) in [5.41, 5.74) is 0.934. The van der Waals surface area contributed by atoms with Crippen LogP contribution in [0.3, 0.4) is 0 Å². The van der Waals surface area contributed by atoms with Gasteiger partial charge in [-0.15, -0.1) is 20.4 Å². The highest BCUT2D eigenvalue weighted by Crippen LogP contribution is 2.27. The van der Waals surface area contributed by atoms with Gasteiger partial charge in [-0.05, 0) is 11.6 Å². The zero-order chi connectivity index (χ0) is 22.3. The number of carbonyl (C=O) groups excluding carboxylic acids is 2. The lowest BCUT2D eigenvalue weighted by Gasteiger charge is -2.31. The molecule has 2 amide bonds. The van der Waals surface area contributed by atoms with E-state index in [1.165, 1.54) is 18.3 Å². The van der Waals surface area contributed by atoms with E-state index in [0.717, 1.165) is 36.6 Å². The van der Waals surface area contributed by atoms with E-state index >= 15 is 0 Å². The summed E-state index contributed by atoms with van der Waals surface area (Å²) in [4.78, 5) is 25.4. The molecule has 10 nitrogen and oxygen atoms in total. The Morgan fingerprint density at radius 2 is 1.81 bits per heavy atom. The van der Waals surface area contributed by atoms with Crippen molar-refractivity contribution in [1.29, 1.82) is 0 Å². The smallest absolute Gasteiger partial charge is 0.233 e. The van der Waals surface area contributed by atoms with Gasteiger partial charge < -0.3 is 20.3 Å². The fraction of sp³-hybridized carbons (Fsp3) is 0.333. The number of amides is 2. The van der Waals surface area contributed by atoms with E-state index in [-0.39, 0.29) is 24.3 Å². The predicted molar refractivity (Wildman–Crippen MR) is 121 cm³/mol. The summed E-state index contributed by atoms with van der Waals surface area (Å²) in [5, 5.41) is 22.9. The quantitative estimate of drug-likeness (QED) is 0.560. The van der Waals surface area contributed by atoms with Crippen molar-refractivity contribution in [3.63, 3.8) is 0 Å². The Balaban J connectivity index is 1.23. The maximum absolute atomic E-state index is 12.1. The summed E-state index contributed by atoms with van der Waals surface area (Å²) >= 11 is 1.35. The maximum Gasteiger partial charge on any atom is 0.233 e. The third-order valence-corrected chi connectivity index (χ3v) is 5.71. The first-order valence-electron chi connectivity index (χ1n) is 10.3. The number of anilines is 3. The molecule has 0 aliphatic carbocycles. The predicted octanol–water partition coefficient (Wildman–Crippen LogP) is 2.52. The van der Waals surface area contributed by atoms with E-state index in [4.69, 9.17) is 4.74 Å². The van der Waals surface area contributed by atoms with E-state index in [9.17, 15) is 9.59 Å². The van der Waals surface area contributed by atoms with Crippen molar-refractivity contribution in [2.24, 2.45) is 0 Å². The molecular formula is C21H23N7O3S. The van der Waals surface area contributed by atoms with Gasteiger partial charge in [0.25, 0.3) is 0 Å². The van der Waals surface area contributed by atoms with Gasteiger partial charge in [-0.3, -0.25) is 9.59 Å². The van der Waals surface area contributed by atoms with Gasteiger partial charge in [0.15, 0.2) is 5.82 Å². The number of aromatic nitrogens is 4. The minimum atomic E-state index is -0.164. The molecular weight excluding hydrogens is 430 g/mol. The summed E-state index contributed by atoms with van der Waals surface area (Å²) in [6.45, 7) is 2.97.